The fraction of sp³-hybridized carbons (Fsp3) is 0.385. The van der Waals surface area contributed by atoms with Gasteiger partial charge in [-0.15, -0.1) is 11.8 Å². The summed E-state index contributed by atoms with van der Waals surface area (Å²) in [7, 11) is 0. The third-order valence-electron chi connectivity index (χ3n) is 2.37. The van der Waals surface area contributed by atoms with Crippen LogP contribution in [0.3, 0.4) is 0 Å². The van der Waals surface area contributed by atoms with Crippen molar-refractivity contribution in [1.29, 1.82) is 5.26 Å². The lowest BCUT2D eigenvalue weighted by atomic mass is 10.1. The van der Waals surface area contributed by atoms with Crippen LogP contribution in [0.25, 0.3) is 0 Å². The molecule has 1 atom stereocenters. The predicted molar refractivity (Wildman–Crippen MR) is 72.7 cm³/mol. The molecule has 0 aliphatic carbocycles. The molecule has 0 aromatic heterocycles. The molecule has 5 heteroatoms. The number of benzene rings is 1. The van der Waals surface area contributed by atoms with Gasteiger partial charge in [0.15, 0.2) is 0 Å². The maximum atomic E-state index is 11.5. The number of thioether (sulfide) groups is 1. The number of rotatable bonds is 5. The van der Waals surface area contributed by atoms with Crippen molar-refractivity contribution >= 4 is 23.4 Å². The summed E-state index contributed by atoms with van der Waals surface area (Å²) >= 11 is 1.50. The van der Waals surface area contributed by atoms with Crippen LogP contribution in [0.15, 0.2) is 23.1 Å². The Bertz CT molecular complexity index is 469. The van der Waals surface area contributed by atoms with Crippen LogP contribution in [0, 0.1) is 11.3 Å². The number of hydrogen-bond donors (Lipinski definition) is 1. The van der Waals surface area contributed by atoms with E-state index in [9.17, 15) is 4.79 Å². The molecule has 1 unspecified atom stereocenters. The first-order valence-corrected chi connectivity index (χ1v) is 6.86. The van der Waals surface area contributed by atoms with Crippen LogP contribution in [0.5, 0.6) is 0 Å². The molecule has 0 fully saturated rings. The quantitative estimate of drug-likeness (QED) is 0.654. The fourth-order valence-corrected chi connectivity index (χ4v) is 2.07. The van der Waals surface area contributed by atoms with Crippen molar-refractivity contribution in [3.05, 3.63) is 23.8 Å². The van der Waals surface area contributed by atoms with Crippen LogP contribution in [0.4, 0.5) is 5.69 Å². The van der Waals surface area contributed by atoms with Gasteiger partial charge in [-0.2, -0.15) is 5.26 Å². The average Bonchev–Trinajstić information content (AvgIpc) is 2.38. The molecule has 1 N–H and O–H groups in total. The Morgan fingerprint density at radius 1 is 1.61 bits per heavy atom. The Labute approximate surface area is 111 Å². The molecular weight excluding hydrogens is 248 g/mol. The normalized spacial score (nSPS) is 11.4. The third kappa shape index (κ3) is 3.41. The predicted octanol–water partition coefficient (Wildman–Crippen LogP) is 2.64. The average molecular weight is 264 g/mol. The minimum Gasteiger partial charge on any atom is -0.464 e. The van der Waals surface area contributed by atoms with Crippen molar-refractivity contribution in [2.24, 2.45) is 0 Å². The number of anilines is 1. The van der Waals surface area contributed by atoms with Crippen LogP contribution in [0.2, 0.25) is 0 Å². The minimum atomic E-state index is -0.478. The highest BCUT2D eigenvalue weighted by Crippen LogP contribution is 2.26. The molecule has 1 aromatic rings. The van der Waals surface area contributed by atoms with Crippen molar-refractivity contribution < 1.29 is 9.53 Å². The van der Waals surface area contributed by atoms with Crippen molar-refractivity contribution in [3.63, 3.8) is 0 Å². The van der Waals surface area contributed by atoms with Gasteiger partial charge in [0, 0.05) is 4.90 Å². The first-order valence-electron chi connectivity index (χ1n) is 5.64. The van der Waals surface area contributed by atoms with Gasteiger partial charge in [-0.25, -0.2) is 4.79 Å². The largest absolute Gasteiger partial charge is 0.464 e. The zero-order valence-corrected chi connectivity index (χ0v) is 11.5. The Balaban J connectivity index is 2.91. The molecule has 0 amide bonds. The number of ether oxygens (including phenoxy) is 1. The number of carbonyl (C=O) groups is 1. The van der Waals surface area contributed by atoms with Gasteiger partial charge in [0.05, 0.1) is 17.9 Å². The maximum absolute atomic E-state index is 11.5. The van der Waals surface area contributed by atoms with Gasteiger partial charge in [0.2, 0.25) is 0 Å². The molecular formula is C13H16N2O2S. The van der Waals surface area contributed by atoms with E-state index >= 15 is 0 Å². The molecule has 0 heterocycles. The fourth-order valence-electron chi connectivity index (χ4n) is 1.50. The Morgan fingerprint density at radius 3 is 2.89 bits per heavy atom. The summed E-state index contributed by atoms with van der Waals surface area (Å²) in [5, 5.41) is 12.2. The van der Waals surface area contributed by atoms with Crippen LogP contribution in [-0.2, 0) is 9.53 Å². The van der Waals surface area contributed by atoms with Crippen LogP contribution >= 0.6 is 11.8 Å². The molecule has 0 saturated carbocycles. The van der Waals surface area contributed by atoms with Crippen molar-refractivity contribution in [2.45, 2.75) is 24.8 Å². The zero-order valence-electron chi connectivity index (χ0n) is 10.7. The van der Waals surface area contributed by atoms with Gasteiger partial charge in [-0.05, 0) is 32.2 Å². The van der Waals surface area contributed by atoms with Crippen molar-refractivity contribution in [3.8, 4) is 6.07 Å². The Kier molecular flexibility index (Phi) is 5.53. The summed E-state index contributed by atoms with van der Waals surface area (Å²) in [6.07, 6.45) is 1.91. The number of carbonyl (C=O) groups excluding carboxylic acids is 1. The van der Waals surface area contributed by atoms with E-state index in [-0.39, 0.29) is 5.97 Å². The van der Waals surface area contributed by atoms with Crippen molar-refractivity contribution in [1.82, 2.24) is 0 Å². The van der Waals surface area contributed by atoms with Crippen LogP contribution in [-0.4, -0.2) is 24.9 Å². The van der Waals surface area contributed by atoms with Crippen molar-refractivity contribution in [2.75, 3.05) is 18.2 Å². The summed E-state index contributed by atoms with van der Waals surface area (Å²) < 4.78 is 4.92. The minimum absolute atomic E-state index is 0.323. The SMILES string of the molecule is CCOC(=O)C(C)Nc1cccc(SC)c1C#N. The van der Waals surface area contributed by atoms with E-state index in [2.05, 4.69) is 11.4 Å². The molecule has 1 rings (SSSR count). The summed E-state index contributed by atoms with van der Waals surface area (Å²) in [4.78, 5) is 12.4. The number of esters is 1. The second-order valence-electron chi connectivity index (χ2n) is 3.61. The first-order chi connectivity index (χ1) is 8.63. The monoisotopic (exact) mass is 264 g/mol. The smallest absolute Gasteiger partial charge is 0.328 e. The lowest BCUT2D eigenvalue weighted by molar-refractivity contribution is -0.143. The van der Waals surface area contributed by atoms with E-state index in [1.807, 2.05) is 18.4 Å². The number of nitrogens with zero attached hydrogens (tertiary/aromatic N) is 1. The van der Waals surface area contributed by atoms with Gasteiger partial charge in [-0.3, -0.25) is 0 Å². The number of hydrogen-bond acceptors (Lipinski definition) is 5. The zero-order chi connectivity index (χ0) is 13.5. The molecule has 4 nitrogen and oxygen atoms in total. The molecule has 0 radical (unpaired) electrons. The highest BCUT2D eigenvalue weighted by molar-refractivity contribution is 7.98. The second-order valence-corrected chi connectivity index (χ2v) is 4.46. The number of nitriles is 1. The molecule has 0 aliphatic heterocycles. The highest BCUT2D eigenvalue weighted by Gasteiger charge is 2.16. The highest BCUT2D eigenvalue weighted by atomic mass is 32.2. The second kappa shape index (κ2) is 6.92. The molecule has 18 heavy (non-hydrogen) atoms. The third-order valence-corrected chi connectivity index (χ3v) is 3.15. The lowest BCUT2D eigenvalue weighted by Gasteiger charge is -2.15. The molecule has 96 valence electrons. The summed E-state index contributed by atoms with van der Waals surface area (Å²) in [6.45, 7) is 3.82. The lowest BCUT2D eigenvalue weighted by Crippen LogP contribution is -2.28. The molecule has 0 aliphatic rings. The number of nitrogens with one attached hydrogen (secondary N) is 1. The van der Waals surface area contributed by atoms with Gasteiger partial charge in [0.1, 0.15) is 12.1 Å². The van der Waals surface area contributed by atoms with Gasteiger partial charge < -0.3 is 10.1 Å². The van der Waals surface area contributed by atoms with Crippen LogP contribution in [0.1, 0.15) is 19.4 Å². The first kappa shape index (κ1) is 14.4. The van der Waals surface area contributed by atoms with Gasteiger partial charge in [0.25, 0.3) is 0 Å². The topological polar surface area (TPSA) is 62.1 Å². The summed E-state index contributed by atoms with van der Waals surface area (Å²) in [5.41, 5.74) is 1.21. The van der Waals surface area contributed by atoms with E-state index in [1.165, 1.54) is 11.8 Å². The maximum Gasteiger partial charge on any atom is 0.328 e. The van der Waals surface area contributed by atoms with E-state index in [0.717, 1.165) is 4.90 Å². The Hall–Kier alpha value is -1.67. The van der Waals surface area contributed by atoms with E-state index < -0.39 is 6.04 Å². The molecule has 0 saturated heterocycles. The van der Waals surface area contributed by atoms with E-state index in [4.69, 9.17) is 10.00 Å². The Morgan fingerprint density at radius 2 is 2.33 bits per heavy atom. The van der Waals surface area contributed by atoms with E-state index in [0.29, 0.717) is 17.9 Å². The molecule has 0 spiro atoms. The van der Waals surface area contributed by atoms with Gasteiger partial charge in [-0.1, -0.05) is 6.07 Å². The van der Waals surface area contributed by atoms with Gasteiger partial charge >= 0.3 is 5.97 Å². The molecule has 0 bridgehead atoms. The summed E-state index contributed by atoms with van der Waals surface area (Å²) in [5.74, 6) is -0.323. The summed E-state index contributed by atoms with van der Waals surface area (Å²) in [6, 6.07) is 7.20. The standard InChI is InChI=1S/C13H16N2O2S/c1-4-17-13(16)9(2)15-11-6-5-7-12(18-3)10(11)8-14/h5-7,9,15H,4H2,1-3H3. The molecule has 1 aromatic carbocycles. The van der Waals surface area contributed by atoms with Crippen LogP contribution < -0.4 is 5.32 Å². The van der Waals surface area contributed by atoms with E-state index in [1.54, 1.807) is 19.9 Å².